The maximum atomic E-state index is 13.2. The van der Waals surface area contributed by atoms with Gasteiger partial charge in [-0.25, -0.2) is 4.39 Å². The molecule has 0 aromatic heterocycles. The van der Waals surface area contributed by atoms with Gasteiger partial charge in [-0.05, 0) is 37.2 Å². The predicted molar refractivity (Wildman–Crippen MR) is 73.5 cm³/mol. The average molecular weight is 264 g/mol. The van der Waals surface area contributed by atoms with Gasteiger partial charge in [0.2, 0.25) is 0 Å². The lowest BCUT2D eigenvalue weighted by atomic mass is 9.98. The monoisotopic (exact) mass is 263 g/mol. The predicted octanol–water partition coefficient (Wildman–Crippen LogP) is 4.10. The smallest absolute Gasteiger partial charge is 0.141 e. The Morgan fingerprint density at radius 3 is 2.22 bits per heavy atom. The van der Waals surface area contributed by atoms with Gasteiger partial charge >= 0.3 is 0 Å². The summed E-state index contributed by atoms with van der Waals surface area (Å²) in [6.07, 6.45) is 0. The SMILES string of the molecule is CNC(c1ccc(C)cc1)c1ccc(F)c(Cl)c1. The summed E-state index contributed by atoms with van der Waals surface area (Å²) in [4.78, 5) is 0. The molecule has 0 spiro atoms. The number of rotatable bonds is 3. The van der Waals surface area contributed by atoms with Gasteiger partial charge in [-0.15, -0.1) is 0 Å². The van der Waals surface area contributed by atoms with Crippen LogP contribution in [-0.2, 0) is 0 Å². The van der Waals surface area contributed by atoms with Gasteiger partial charge in [0.1, 0.15) is 5.82 Å². The van der Waals surface area contributed by atoms with Crippen LogP contribution in [0.2, 0.25) is 5.02 Å². The van der Waals surface area contributed by atoms with E-state index in [0.29, 0.717) is 0 Å². The first kappa shape index (κ1) is 13.1. The van der Waals surface area contributed by atoms with E-state index in [0.717, 1.165) is 11.1 Å². The molecule has 94 valence electrons. The van der Waals surface area contributed by atoms with Crippen molar-refractivity contribution in [1.82, 2.24) is 5.32 Å². The number of nitrogens with one attached hydrogen (secondary N) is 1. The van der Waals surface area contributed by atoms with Crippen LogP contribution in [0, 0.1) is 12.7 Å². The zero-order valence-corrected chi connectivity index (χ0v) is 11.1. The normalized spacial score (nSPS) is 12.4. The van der Waals surface area contributed by atoms with E-state index in [1.165, 1.54) is 11.6 Å². The van der Waals surface area contributed by atoms with Gasteiger partial charge in [0.25, 0.3) is 0 Å². The van der Waals surface area contributed by atoms with Crippen molar-refractivity contribution < 1.29 is 4.39 Å². The molecule has 1 unspecified atom stereocenters. The Morgan fingerprint density at radius 1 is 1.06 bits per heavy atom. The first-order chi connectivity index (χ1) is 8.61. The number of aryl methyl sites for hydroxylation is 1. The highest BCUT2D eigenvalue weighted by molar-refractivity contribution is 6.30. The lowest BCUT2D eigenvalue weighted by Gasteiger charge is -2.17. The second kappa shape index (κ2) is 5.51. The van der Waals surface area contributed by atoms with Gasteiger partial charge < -0.3 is 5.32 Å². The van der Waals surface area contributed by atoms with Crippen molar-refractivity contribution in [2.45, 2.75) is 13.0 Å². The van der Waals surface area contributed by atoms with Crippen LogP contribution in [0.5, 0.6) is 0 Å². The lowest BCUT2D eigenvalue weighted by molar-refractivity contribution is 0.624. The molecule has 0 heterocycles. The second-order valence-corrected chi connectivity index (χ2v) is 4.71. The van der Waals surface area contributed by atoms with Gasteiger partial charge in [-0.1, -0.05) is 47.5 Å². The largest absolute Gasteiger partial charge is 0.309 e. The number of benzene rings is 2. The molecule has 18 heavy (non-hydrogen) atoms. The molecule has 0 bridgehead atoms. The van der Waals surface area contributed by atoms with Crippen molar-refractivity contribution in [3.8, 4) is 0 Å². The van der Waals surface area contributed by atoms with E-state index in [1.807, 2.05) is 14.0 Å². The Kier molecular flexibility index (Phi) is 4.00. The Labute approximate surface area is 112 Å². The Morgan fingerprint density at radius 2 is 1.67 bits per heavy atom. The second-order valence-electron chi connectivity index (χ2n) is 4.31. The third kappa shape index (κ3) is 2.71. The van der Waals surface area contributed by atoms with Crippen LogP contribution in [0.1, 0.15) is 22.7 Å². The van der Waals surface area contributed by atoms with Crippen molar-refractivity contribution in [3.05, 3.63) is 70.0 Å². The van der Waals surface area contributed by atoms with E-state index in [4.69, 9.17) is 11.6 Å². The minimum Gasteiger partial charge on any atom is -0.309 e. The highest BCUT2D eigenvalue weighted by Crippen LogP contribution is 2.25. The van der Waals surface area contributed by atoms with Crippen molar-refractivity contribution in [3.63, 3.8) is 0 Å². The Hall–Kier alpha value is -1.38. The summed E-state index contributed by atoms with van der Waals surface area (Å²) < 4.78 is 13.2. The molecule has 0 fully saturated rings. The van der Waals surface area contributed by atoms with Crippen molar-refractivity contribution >= 4 is 11.6 Å². The molecule has 2 aromatic carbocycles. The van der Waals surface area contributed by atoms with E-state index in [1.54, 1.807) is 12.1 Å². The molecule has 0 aliphatic rings. The van der Waals surface area contributed by atoms with Gasteiger partial charge in [0.05, 0.1) is 11.1 Å². The van der Waals surface area contributed by atoms with Crippen LogP contribution < -0.4 is 5.32 Å². The molecule has 1 nitrogen and oxygen atoms in total. The maximum absolute atomic E-state index is 13.2. The summed E-state index contributed by atoms with van der Waals surface area (Å²) in [6, 6.07) is 13.1. The fourth-order valence-corrected chi connectivity index (χ4v) is 2.17. The Balaban J connectivity index is 2.38. The summed E-state index contributed by atoms with van der Waals surface area (Å²) >= 11 is 5.82. The summed E-state index contributed by atoms with van der Waals surface area (Å²) in [5.74, 6) is -0.390. The fraction of sp³-hybridized carbons (Fsp3) is 0.200. The molecule has 1 atom stereocenters. The van der Waals surface area contributed by atoms with Crippen LogP contribution in [0.15, 0.2) is 42.5 Å². The molecule has 0 amide bonds. The molecule has 2 aromatic rings. The summed E-state index contributed by atoms with van der Waals surface area (Å²) in [7, 11) is 1.88. The van der Waals surface area contributed by atoms with E-state index in [-0.39, 0.29) is 16.9 Å². The van der Waals surface area contributed by atoms with E-state index in [2.05, 4.69) is 29.6 Å². The zero-order chi connectivity index (χ0) is 13.1. The van der Waals surface area contributed by atoms with E-state index < -0.39 is 0 Å². The maximum Gasteiger partial charge on any atom is 0.141 e. The van der Waals surface area contributed by atoms with Crippen molar-refractivity contribution in [2.24, 2.45) is 0 Å². The first-order valence-corrected chi connectivity index (χ1v) is 6.18. The number of halogens is 2. The third-order valence-corrected chi connectivity index (χ3v) is 3.27. The van der Waals surface area contributed by atoms with Crippen LogP contribution in [0.3, 0.4) is 0 Å². The molecular weight excluding hydrogens is 249 g/mol. The summed E-state index contributed by atoms with van der Waals surface area (Å²) in [6.45, 7) is 2.05. The zero-order valence-electron chi connectivity index (χ0n) is 10.4. The van der Waals surface area contributed by atoms with Gasteiger partial charge in [0, 0.05) is 0 Å². The minimum atomic E-state index is -0.390. The quantitative estimate of drug-likeness (QED) is 0.879. The highest BCUT2D eigenvalue weighted by atomic mass is 35.5. The van der Waals surface area contributed by atoms with Crippen LogP contribution in [0.4, 0.5) is 4.39 Å². The lowest BCUT2D eigenvalue weighted by Crippen LogP contribution is -2.17. The van der Waals surface area contributed by atoms with Crippen molar-refractivity contribution in [2.75, 3.05) is 7.05 Å². The molecule has 2 rings (SSSR count). The number of hydrogen-bond donors (Lipinski definition) is 1. The van der Waals surface area contributed by atoms with Gasteiger partial charge in [-0.2, -0.15) is 0 Å². The third-order valence-electron chi connectivity index (χ3n) is 2.98. The van der Waals surface area contributed by atoms with Gasteiger partial charge in [0.15, 0.2) is 0 Å². The molecule has 0 aliphatic heterocycles. The average Bonchev–Trinajstić information content (AvgIpc) is 2.37. The minimum absolute atomic E-state index is 0.0173. The van der Waals surface area contributed by atoms with Crippen LogP contribution >= 0.6 is 11.6 Å². The molecule has 3 heteroatoms. The topological polar surface area (TPSA) is 12.0 Å². The fourth-order valence-electron chi connectivity index (χ4n) is 1.98. The van der Waals surface area contributed by atoms with E-state index >= 15 is 0 Å². The highest BCUT2D eigenvalue weighted by Gasteiger charge is 2.13. The van der Waals surface area contributed by atoms with Gasteiger partial charge in [-0.3, -0.25) is 0 Å². The first-order valence-electron chi connectivity index (χ1n) is 5.80. The van der Waals surface area contributed by atoms with E-state index in [9.17, 15) is 4.39 Å². The molecule has 0 saturated heterocycles. The van der Waals surface area contributed by atoms with Crippen molar-refractivity contribution in [1.29, 1.82) is 0 Å². The summed E-state index contributed by atoms with van der Waals surface area (Å²) in [5.41, 5.74) is 3.30. The molecule has 1 N–H and O–H groups in total. The molecule has 0 aliphatic carbocycles. The van der Waals surface area contributed by atoms with Crippen LogP contribution in [0.25, 0.3) is 0 Å². The molecular formula is C15H15ClFN. The number of hydrogen-bond acceptors (Lipinski definition) is 1. The molecule has 0 saturated carbocycles. The molecule has 0 radical (unpaired) electrons. The Bertz CT molecular complexity index is 537. The van der Waals surface area contributed by atoms with Crippen LogP contribution in [-0.4, -0.2) is 7.05 Å². The summed E-state index contributed by atoms with van der Waals surface area (Å²) in [5, 5.41) is 3.37. The standard InChI is InChI=1S/C15H15ClFN/c1-10-3-5-11(6-4-10)15(18-2)12-7-8-14(17)13(16)9-12/h3-9,15,18H,1-2H3.